The predicted octanol–water partition coefficient (Wildman–Crippen LogP) is 5.22. The summed E-state index contributed by atoms with van der Waals surface area (Å²) in [5.41, 5.74) is 4.50. The minimum Gasteiger partial charge on any atom is -0.496 e. The van der Waals surface area contributed by atoms with Crippen molar-refractivity contribution in [2.75, 3.05) is 13.7 Å². The fourth-order valence-electron chi connectivity index (χ4n) is 2.62. The van der Waals surface area contributed by atoms with E-state index in [2.05, 4.69) is 37.4 Å². The Morgan fingerprint density at radius 1 is 0.870 bits per heavy atom. The van der Waals surface area contributed by atoms with Crippen LogP contribution in [-0.4, -0.2) is 13.7 Å². The molecule has 2 aromatic rings. The molecule has 0 heterocycles. The highest BCUT2D eigenvalue weighted by molar-refractivity contribution is 5.77. The summed E-state index contributed by atoms with van der Waals surface area (Å²) in [6.45, 7) is 10.3. The summed E-state index contributed by atoms with van der Waals surface area (Å²) in [5, 5.41) is 0. The topological polar surface area (TPSA) is 18.5 Å². The van der Waals surface area contributed by atoms with Crippen molar-refractivity contribution in [3.8, 4) is 22.6 Å². The van der Waals surface area contributed by atoms with Gasteiger partial charge in [0.05, 0.1) is 13.7 Å². The van der Waals surface area contributed by atoms with Gasteiger partial charge in [0.15, 0.2) is 0 Å². The van der Waals surface area contributed by atoms with Gasteiger partial charge in [-0.3, -0.25) is 0 Å². The van der Waals surface area contributed by atoms with Crippen molar-refractivity contribution >= 4 is 0 Å². The van der Waals surface area contributed by atoms with Crippen LogP contribution in [0.25, 0.3) is 11.1 Å². The second kappa shape index (κ2) is 8.23. The van der Waals surface area contributed by atoms with Gasteiger partial charge >= 0.3 is 0 Å². The third-order valence-corrected chi connectivity index (χ3v) is 3.66. The summed E-state index contributed by atoms with van der Waals surface area (Å²) in [6, 6.07) is 12.5. The smallest absolute Gasteiger partial charge is 0.127 e. The highest BCUT2D eigenvalue weighted by Gasteiger charge is 2.13. The summed E-state index contributed by atoms with van der Waals surface area (Å²) >= 11 is 0. The van der Waals surface area contributed by atoms with Crippen LogP contribution in [0.5, 0.6) is 11.5 Å². The largest absolute Gasteiger partial charge is 0.496 e. The Morgan fingerprint density at radius 3 is 1.87 bits per heavy atom. The van der Waals surface area contributed by atoms with E-state index in [1.165, 1.54) is 11.1 Å². The van der Waals surface area contributed by atoms with Crippen LogP contribution in [0, 0.1) is 0 Å². The molecule has 0 aromatic heterocycles. The summed E-state index contributed by atoms with van der Waals surface area (Å²) in [7, 11) is 1.69. The van der Waals surface area contributed by atoms with Gasteiger partial charge in [0.2, 0.25) is 0 Å². The summed E-state index contributed by atoms with van der Waals surface area (Å²) in [6.07, 6.45) is 5.47. The molecule has 0 aliphatic heterocycles. The lowest BCUT2D eigenvalue weighted by Crippen LogP contribution is -1.97. The van der Waals surface area contributed by atoms with Crippen molar-refractivity contribution in [1.82, 2.24) is 0 Å². The normalized spacial score (nSPS) is 10.2. The van der Waals surface area contributed by atoms with Crippen molar-refractivity contribution in [2.45, 2.75) is 19.8 Å². The van der Waals surface area contributed by atoms with E-state index < -0.39 is 0 Å². The van der Waals surface area contributed by atoms with Gasteiger partial charge in [0, 0.05) is 11.1 Å². The number of rotatable bonds is 8. The van der Waals surface area contributed by atoms with E-state index in [1.54, 1.807) is 7.11 Å². The zero-order valence-electron chi connectivity index (χ0n) is 14.0. The van der Waals surface area contributed by atoms with Gasteiger partial charge in [-0.05, 0) is 55.2 Å². The molecular formula is C21H24O2. The second-order valence-corrected chi connectivity index (χ2v) is 5.28. The predicted molar refractivity (Wildman–Crippen MR) is 97.4 cm³/mol. The van der Waals surface area contributed by atoms with Gasteiger partial charge < -0.3 is 9.47 Å². The van der Waals surface area contributed by atoms with Crippen molar-refractivity contribution < 1.29 is 9.47 Å². The second-order valence-electron chi connectivity index (χ2n) is 5.28. The molecule has 0 spiro atoms. The van der Waals surface area contributed by atoms with E-state index >= 15 is 0 Å². The molecule has 0 bridgehead atoms. The monoisotopic (exact) mass is 308 g/mol. The lowest BCUT2D eigenvalue weighted by molar-refractivity contribution is 0.341. The van der Waals surface area contributed by atoms with E-state index in [-0.39, 0.29) is 0 Å². The maximum atomic E-state index is 5.82. The molecule has 2 aromatic carbocycles. The standard InChI is InChI=1S/C21H24O2/c1-5-8-16-10-12-20(22-4)18(14-16)19-15-17(9-6-2)11-13-21(19)23-7-3/h5-6,10-15H,1-2,7-9H2,3-4H3. The lowest BCUT2D eigenvalue weighted by atomic mass is 9.97. The van der Waals surface area contributed by atoms with Crippen LogP contribution >= 0.6 is 0 Å². The van der Waals surface area contributed by atoms with Crippen LogP contribution < -0.4 is 9.47 Å². The van der Waals surface area contributed by atoms with Crippen LogP contribution in [0.2, 0.25) is 0 Å². The first-order valence-electron chi connectivity index (χ1n) is 7.88. The molecule has 23 heavy (non-hydrogen) atoms. The number of ether oxygens (including phenoxy) is 2. The molecule has 0 saturated carbocycles. The number of allylic oxidation sites excluding steroid dienone is 2. The van der Waals surface area contributed by atoms with Crippen LogP contribution in [0.4, 0.5) is 0 Å². The molecule has 0 fully saturated rings. The quantitative estimate of drug-likeness (QED) is 0.623. The van der Waals surface area contributed by atoms with E-state index in [4.69, 9.17) is 9.47 Å². The highest BCUT2D eigenvalue weighted by Crippen LogP contribution is 2.38. The molecule has 0 unspecified atom stereocenters. The molecule has 0 amide bonds. The molecule has 0 saturated heterocycles. The summed E-state index contributed by atoms with van der Waals surface area (Å²) < 4.78 is 11.4. The number of hydrogen-bond donors (Lipinski definition) is 0. The molecule has 2 rings (SSSR count). The molecule has 0 atom stereocenters. The van der Waals surface area contributed by atoms with Crippen molar-refractivity contribution in [3.05, 3.63) is 72.8 Å². The van der Waals surface area contributed by atoms with Gasteiger partial charge in [0.1, 0.15) is 11.5 Å². The van der Waals surface area contributed by atoms with Crippen LogP contribution in [0.15, 0.2) is 61.7 Å². The third kappa shape index (κ3) is 4.04. The van der Waals surface area contributed by atoms with Crippen LogP contribution in [0.3, 0.4) is 0 Å². The first-order valence-corrected chi connectivity index (χ1v) is 7.88. The molecule has 0 aliphatic rings. The minimum atomic E-state index is 0.627. The maximum Gasteiger partial charge on any atom is 0.127 e. The number of benzene rings is 2. The number of hydrogen-bond acceptors (Lipinski definition) is 2. The van der Waals surface area contributed by atoms with Crippen LogP contribution in [0.1, 0.15) is 18.1 Å². The van der Waals surface area contributed by atoms with Crippen molar-refractivity contribution in [3.63, 3.8) is 0 Å². The molecule has 2 heteroatoms. The van der Waals surface area contributed by atoms with Crippen molar-refractivity contribution in [2.24, 2.45) is 0 Å². The third-order valence-electron chi connectivity index (χ3n) is 3.66. The van der Waals surface area contributed by atoms with Gasteiger partial charge in [-0.1, -0.05) is 24.3 Å². The lowest BCUT2D eigenvalue weighted by Gasteiger charge is -2.16. The fourth-order valence-corrected chi connectivity index (χ4v) is 2.62. The average molecular weight is 308 g/mol. The van der Waals surface area contributed by atoms with E-state index in [1.807, 2.05) is 31.2 Å². The van der Waals surface area contributed by atoms with E-state index in [9.17, 15) is 0 Å². The first-order chi connectivity index (χ1) is 11.2. The Labute approximate surface area is 139 Å². The summed E-state index contributed by atoms with van der Waals surface area (Å²) in [5.74, 6) is 1.71. The Morgan fingerprint density at radius 2 is 1.39 bits per heavy atom. The summed E-state index contributed by atoms with van der Waals surface area (Å²) in [4.78, 5) is 0. The molecule has 0 N–H and O–H groups in total. The number of methoxy groups -OCH3 is 1. The molecular weight excluding hydrogens is 284 g/mol. The van der Waals surface area contributed by atoms with Crippen molar-refractivity contribution in [1.29, 1.82) is 0 Å². The molecule has 120 valence electrons. The SMILES string of the molecule is C=CCc1ccc(OC)c(-c2cc(CC=C)ccc2OCC)c1. The molecule has 0 radical (unpaired) electrons. The van der Waals surface area contributed by atoms with E-state index in [0.717, 1.165) is 35.5 Å². The maximum absolute atomic E-state index is 5.82. The average Bonchev–Trinajstić information content (AvgIpc) is 2.57. The van der Waals surface area contributed by atoms with E-state index in [0.29, 0.717) is 6.61 Å². The Hall–Kier alpha value is -2.48. The zero-order valence-corrected chi connectivity index (χ0v) is 14.0. The van der Waals surface area contributed by atoms with Gasteiger partial charge in [-0.15, -0.1) is 13.2 Å². The molecule has 2 nitrogen and oxygen atoms in total. The Bertz CT molecular complexity index is 686. The molecule has 0 aliphatic carbocycles. The fraction of sp³-hybridized carbons (Fsp3) is 0.238. The van der Waals surface area contributed by atoms with Crippen LogP contribution in [-0.2, 0) is 12.8 Å². The van der Waals surface area contributed by atoms with Gasteiger partial charge in [-0.25, -0.2) is 0 Å². The minimum absolute atomic E-state index is 0.627. The van der Waals surface area contributed by atoms with Gasteiger partial charge in [0.25, 0.3) is 0 Å². The Balaban J connectivity index is 2.61. The zero-order chi connectivity index (χ0) is 16.7. The first kappa shape index (κ1) is 16.9. The van der Waals surface area contributed by atoms with Gasteiger partial charge in [-0.2, -0.15) is 0 Å². The highest BCUT2D eigenvalue weighted by atomic mass is 16.5. The Kier molecular flexibility index (Phi) is 6.04.